The zero-order valence-electron chi connectivity index (χ0n) is 19.4. The molecule has 1 unspecified atom stereocenters. The van der Waals surface area contributed by atoms with Crippen LogP contribution in [-0.2, 0) is 24.4 Å². The maximum Gasteiger partial charge on any atom is 0.248 e. The number of hydrogen-bond acceptors (Lipinski definition) is 8. The van der Waals surface area contributed by atoms with Gasteiger partial charge in [-0.05, 0) is 60.5 Å². The highest BCUT2D eigenvalue weighted by Gasteiger charge is 2.11. The number of carbonyl (C=O) groups excluding carboxylic acids is 1. The summed E-state index contributed by atoms with van der Waals surface area (Å²) in [7, 11) is 0. The third-order valence-corrected chi connectivity index (χ3v) is 5.29. The topological polar surface area (TPSA) is 147 Å². The first-order valence-electron chi connectivity index (χ1n) is 11.3. The second-order valence-electron chi connectivity index (χ2n) is 7.94. The Balaban J connectivity index is 1.31. The fraction of sp³-hybridized carbons (Fsp3) is 0.308. The average molecular weight is 482 g/mol. The number of aliphatic hydroxyl groups is 2. The molecule has 9 heteroatoms. The van der Waals surface area contributed by atoms with Gasteiger partial charge in [0.05, 0.1) is 25.5 Å². The molecule has 0 bridgehead atoms. The fourth-order valence-electron chi connectivity index (χ4n) is 3.36. The fourth-order valence-corrected chi connectivity index (χ4v) is 3.36. The van der Waals surface area contributed by atoms with Crippen LogP contribution in [0.5, 0.6) is 11.5 Å². The molecule has 1 amide bonds. The summed E-state index contributed by atoms with van der Waals surface area (Å²) in [6.45, 7) is 1.75. The van der Waals surface area contributed by atoms with Crippen molar-refractivity contribution in [1.82, 2.24) is 10.3 Å². The van der Waals surface area contributed by atoms with Crippen molar-refractivity contribution in [3.8, 4) is 11.5 Å². The van der Waals surface area contributed by atoms with Gasteiger partial charge in [0.2, 0.25) is 5.91 Å². The largest absolute Gasteiger partial charge is 0.506 e. The summed E-state index contributed by atoms with van der Waals surface area (Å²) in [6.07, 6.45) is -0.0725. The van der Waals surface area contributed by atoms with Gasteiger partial charge in [-0.25, -0.2) is 4.98 Å². The van der Waals surface area contributed by atoms with Crippen LogP contribution in [0.4, 0.5) is 0 Å². The lowest BCUT2D eigenvalue weighted by molar-refractivity contribution is 0.0887. The Hall–Kier alpha value is -3.50. The Bertz CT molecular complexity index is 1090. The van der Waals surface area contributed by atoms with E-state index in [2.05, 4.69) is 10.3 Å². The van der Waals surface area contributed by atoms with Gasteiger partial charge >= 0.3 is 0 Å². The van der Waals surface area contributed by atoms with Gasteiger partial charge < -0.3 is 35.8 Å². The summed E-state index contributed by atoms with van der Waals surface area (Å²) in [5.41, 5.74) is 8.28. The first kappa shape index (κ1) is 26.1. The Morgan fingerprint density at radius 3 is 2.60 bits per heavy atom. The summed E-state index contributed by atoms with van der Waals surface area (Å²) >= 11 is 0. The molecule has 2 aromatic carbocycles. The zero-order valence-corrected chi connectivity index (χ0v) is 19.4. The van der Waals surface area contributed by atoms with Crippen molar-refractivity contribution in [2.24, 2.45) is 5.73 Å². The lowest BCUT2D eigenvalue weighted by Gasteiger charge is -2.13. The number of hydrogen-bond donors (Lipinski definition) is 5. The number of nitrogens with two attached hydrogens (primary N) is 1. The predicted molar refractivity (Wildman–Crippen MR) is 130 cm³/mol. The van der Waals surface area contributed by atoms with Gasteiger partial charge in [-0.3, -0.25) is 4.79 Å². The maximum atomic E-state index is 11.2. The van der Waals surface area contributed by atoms with Crippen LogP contribution in [0.3, 0.4) is 0 Å². The van der Waals surface area contributed by atoms with Gasteiger partial charge in [0.15, 0.2) is 0 Å². The molecule has 0 fully saturated rings. The van der Waals surface area contributed by atoms with Crippen LogP contribution < -0.4 is 15.8 Å². The van der Waals surface area contributed by atoms with E-state index in [1.807, 2.05) is 30.3 Å². The summed E-state index contributed by atoms with van der Waals surface area (Å²) in [4.78, 5) is 15.3. The molecule has 1 atom stereocenters. The van der Waals surface area contributed by atoms with Gasteiger partial charge in [-0.15, -0.1) is 0 Å². The van der Waals surface area contributed by atoms with Crippen LogP contribution in [0.25, 0.3) is 0 Å². The normalized spacial score (nSPS) is 11.8. The molecule has 0 saturated carbocycles. The number of nitrogens with zero attached hydrogens (tertiary/aromatic N) is 1. The molecule has 0 spiro atoms. The standard InChI is InChI=1S/C26H31N3O6/c27-26(33)20-3-1-2-19(14-20)17-34-12-13-35-21-6-4-18(5-7-21)10-11-28-15-25(32)22-8-9-24(31)23(16-30)29-22/h1-9,14,25,28,30-32H,10-13,15-17H2,(H2,27,33). The van der Waals surface area contributed by atoms with Crippen molar-refractivity contribution in [2.75, 3.05) is 26.3 Å². The average Bonchev–Trinajstić information content (AvgIpc) is 2.87. The van der Waals surface area contributed by atoms with Crippen LogP contribution in [0.15, 0.2) is 60.7 Å². The van der Waals surface area contributed by atoms with E-state index in [-0.39, 0.29) is 18.1 Å². The second-order valence-corrected chi connectivity index (χ2v) is 7.94. The smallest absolute Gasteiger partial charge is 0.248 e. The van der Waals surface area contributed by atoms with E-state index in [4.69, 9.17) is 15.2 Å². The molecule has 6 N–H and O–H groups in total. The van der Waals surface area contributed by atoms with Crippen molar-refractivity contribution < 1.29 is 29.6 Å². The van der Waals surface area contributed by atoms with Crippen molar-refractivity contribution in [1.29, 1.82) is 0 Å². The molecule has 1 heterocycles. The Morgan fingerprint density at radius 1 is 1.06 bits per heavy atom. The molecule has 1 aromatic heterocycles. The van der Waals surface area contributed by atoms with E-state index in [0.29, 0.717) is 44.2 Å². The van der Waals surface area contributed by atoms with E-state index >= 15 is 0 Å². The quantitative estimate of drug-likeness (QED) is 0.219. The van der Waals surface area contributed by atoms with Gasteiger partial charge in [0, 0.05) is 12.1 Å². The Morgan fingerprint density at radius 2 is 1.86 bits per heavy atom. The van der Waals surface area contributed by atoms with Gasteiger partial charge in [0.25, 0.3) is 0 Å². The Kier molecular flexibility index (Phi) is 10.00. The number of carbonyl (C=O) groups is 1. The maximum absolute atomic E-state index is 11.2. The molecule has 35 heavy (non-hydrogen) atoms. The molecule has 0 radical (unpaired) electrons. The van der Waals surface area contributed by atoms with E-state index in [1.54, 1.807) is 18.2 Å². The lowest BCUT2D eigenvalue weighted by atomic mass is 10.1. The number of benzene rings is 2. The van der Waals surface area contributed by atoms with Crippen molar-refractivity contribution >= 4 is 5.91 Å². The number of ether oxygens (including phenoxy) is 2. The van der Waals surface area contributed by atoms with E-state index in [0.717, 1.165) is 23.3 Å². The number of aromatic hydroxyl groups is 1. The minimum absolute atomic E-state index is 0.0938. The number of amides is 1. The summed E-state index contributed by atoms with van der Waals surface area (Å²) in [6, 6.07) is 17.7. The highest BCUT2D eigenvalue weighted by atomic mass is 16.5. The molecule has 0 aliphatic rings. The van der Waals surface area contributed by atoms with Crippen LogP contribution in [0, 0.1) is 0 Å². The molecule has 3 aromatic rings. The van der Waals surface area contributed by atoms with E-state index in [9.17, 15) is 20.1 Å². The highest BCUT2D eigenvalue weighted by Crippen LogP contribution is 2.18. The SMILES string of the molecule is NC(=O)c1cccc(COCCOc2ccc(CCNCC(O)c3ccc(O)c(CO)n3)cc2)c1. The zero-order chi connectivity index (χ0) is 25.0. The predicted octanol–water partition coefficient (Wildman–Crippen LogP) is 1.84. The summed E-state index contributed by atoms with van der Waals surface area (Å²) in [5, 5.41) is 32.2. The molecular weight excluding hydrogens is 450 g/mol. The van der Waals surface area contributed by atoms with Crippen molar-refractivity contribution in [3.63, 3.8) is 0 Å². The van der Waals surface area contributed by atoms with Crippen LogP contribution in [0.2, 0.25) is 0 Å². The summed E-state index contributed by atoms with van der Waals surface area (Å²) < 4.78 is 11.3. The monoisotopic (exact) mass is 481 g/mol. The molecule has 0 aliphatic carbocycles. The third-order valence-electron chi connectivity index (χ3n) is 5.29. The lowest BCUT2D eigenvalue weighted by Crippen LogP contribution is -2.24. The first-order valence-corrected chi connectivity index (χ1v) is 11.3. The number of pyridine rings is 1. The molecule has 0 aliphatic heterocycles. The van der Waals surface area contributed by atoms with E-state index < -0.39 is 12.0 Å². The first-order chi connectivity index (χ1) is 17.0. The molecule has 9 nitrogen and oxygen atoms in total. The minimum atomic E-state index is -0.842. The number of rotatable bonds is 14. The second kappa shape index (κ2) is 13.4. The van der Waals surface area contributed by atoms with Crippen LogP contribution >= 0.6 is 0 Å². The van der Waals surface area contributed by atoms with Gasteiger partial charge in [-0.2, -0.15) is 0 Å². The van der Waals surface area contributed by atoms with Crippen molar-refractivity contribution in [2.45, 2.75) is 25.7 Å². The molecular formula is C26H31N3O6. The van der Waals surface area contributed by atoms with E-state index in [1.165, 1.54) is 12.1 Å². The molecule has 0 saturated heterocycles. The number of aliphatic hydroxyl groups excluding tert-OH is 2. The Labute approximate surface area is 204 Å². The number of nitrogens with one attached hydrogen (secondary N) is 1. The van der Waals surface area contributed by atoms with Crippen LogP contribution in [0.1, 0.15) is 39.0 Å². The molecule has 186 valence electrons. The molecule has 3 rings (SSSR count). The van der Waals surface area contributed by atoms with Crippen LogP contribution in [-0.4, -0.2) is 52.5 Å². The third kappa shape index (κ3) is 8.34. The summed E-state index contributed by atoms with van der Waals surface area (Å²) in [5.74, 6) is 0.189. The van der Waals surface area contributed by atoms with Gasteiger partial charge in [-0.1, -0.05) is 24.3 Å². The number of aromatic nitrogens is 1. The highest BCUT2D eigenvalue weighted by molar-refractivity contribution is 5.92. The van der Waals surface area contributed by atoms with Crippen molar-refractivity contribution in [3.05, 3.63) is 88.7 Å². The minimum Gasteiger partial charge on any atom is -0.506 e. The number of primary amides is 1. The van der Waals surface area contributed by atoms with Gasteiger partial charge in [0.1, 0.15) is 29.9 Å².